The van der Waals surface area contributed by atoms with Gasteiger partial charge in [0.25, 0.3) is 0 Å². The van der Waals surface area contributed by atoms with Gasteiger partial charge >= 0.3 is 0 Å². The van der Waals surface area contributed by atoms with Crippen LogP contribution in [0.1, 0.15) is 44.1 Å². The molecule has 0 saturated heterocycles. The van der Waals surface area contributed by atoms with E-state index in [1.807, 2.05) is 12.1 Å². The number of aromatic nitrogens is 3. The Balaban J connectivity index is 2.31. The Hall–Kier alpha value is -1.42. The van der Waals surface area contributed by atoms with Crippen LogP contribution in [0.4, 0.5) is 0 Å². The van der Waals surface area contributed by atoms with E-state index in [4.69, 9.17) is 5.73 Å². The summed E-state index contributed by atoms with van der Waals surface area (Å²) in [7, 11) is 0. The molecule has 0 bridgehead atoms. The first kappa shape index (κ1) is 9.78. The Morgan fingerprint density at radius 3 is 2.69 bits per heavy atom. The van der Waals surface area contributed by atoms with Crippen LogP contribution in [0.5, 0.6) is 0 Å². The minimum absolute atomic E-state index is 0.147. The summed E-state index contributed by atoms with van der Waals surface area (Å²) in [6, 6.07) is 6.08. The van der Waals surface area contributed by atoms with Crippen molar-refractivity contribution in [3.05, 3.63) is 29.7 Å². The van der Waals surface area contributed by atoms with Crippen molar-refractivity contribution in [2.45, 2.75) is 38.1 Å². The summed E-state index contributed by atoms with van der Waals surface area (Å²) < 4.78 is 2.12. The van der Waals surface area contributed by atoms with Crippen molar-refractivity contribution >= 4 is 5.65 Å². The van der Waals surface area contributed by atoms with Crippen molar-refractivity contribution in [3.63, 3.8) is 0 Å². The molecule has 2 heterocycles. The molecule has 2 aromatic rings. The molecule has 0 unspecified atom stereocenters. The highest BCUT2D eigenvalue weighted by Gasteiger charge is 2.42. The summed E-state index contributed by atoms with van der Waals surface area (Å²) in [6.45, 7) is 4.26. The van der Waals surface area contributed by atoms with Crippen LogP contribution in [0, 0.1) is 0 Å². The Morgan fingerprint density at radius 1 is 1.31 bits per heavy atom. The van der Waals surface area contributed by atoms with Crippen LogP contribution in [-0.4, -0.2) is 14.6 Å². The predicted octanol–water partition coefficient (Wildman–Crippen LogP) is 1.80. The number of pyridine rings is 1. The van der Waals surface area contributed by atoms with Crippen molar-refractivity contribution in [3.8, 4) is 0 Å². The molecule has 4 heteroatoms. The summed E-state index contributed by atoms with van der Waals surface area (Å²) in [6.07, 6.45) is 2.11. The number of nitrogens with two attached hydrogens (primary N) is 1. The molecular weight excluding hydrogens is 200 g/mol. The lowest BCUT2D eigenvalue weighted by Crippen LogP contribution is -2.23. The summed E-state index contributed by atoms with van der Waals surface area (Å²) in [5.41, 5.74) is 8.19. The van der Waals surface area contributed by atoms with Crippen molar-refractivity contribution in [1.29, 1.82) is 0 Å². The van der Waals surface area contributed by atoms with E-state index in [1.165, 1.54) is 0 Å². The molecule has 1 fully saturated rings. The minimum Gasteiger partial charge on any atom is -0.320 e. The van der Waals surface area contributed by atoms with Gasteiger partial charge in [-0.05, 0) is 25.0 Å². The molecule has 2 aromatic heterocycles. The second-order valence-electron chi connectivity index (χ2n) is 4.97. The van der Waals surface area contributed by atoms with Crippen LogP contribution in [0.2, 0.25) is 0 Å². The molecule has 0 radical (unpaired) electrons. The third-order valence-electron chi connectivity index (χ3n) is 3.27. The zero-order valence-corrected chi connectivity index (χ0v) is 9.64. The first-order valence-corrected chi connectivity index (χ1v) is 5.75. The quantitative estimate of drug-likeness (QED) is 0.832. The summed E-state index contributed by atoms with van der Waals surface area (Å²) in [5.74, 6) is 1.36. The second-order valence-corrected chi connectivity index (χ2v) is 4.97. The smallest absolute Gasteiger partial charge is 0.161 e. The van der Waals surface area contributed by atoms with Gasteiger partial charge in [0.05, 0.1) is 5.54 Å². The van der Waals surface area contributed by atoms with Gasteiger partial charge in [-0.25, -0.2) is 0 Å². The molecule has 3 rings (SSSR count). The number of nitrogens with zero attached hydrogens (tertiary/aromatic N) is 3. The molecule has 0 aliphatic heterocycles. The van der Waals surface area contributed by atoms with Crippen LogP contribution in [0.25, 0.3) is 5.65 Å². The topological polar surface area (TPSA) is 56.2 Å². The Morgan fingerprint density at radius 2 is 2.06 bits per heavy atom. The van der Waals surface area contributed by atoms with Crippen LogP contribution >= 0.6 is 0 Å². The molecule has 0 aromatic carbocycles. The maximum Gasteiger partial charge on any atom is 0.161 e. The molecule has 1 saturated carbocycles. The highest BCUT2D eigenvalue weighted by molar-refractivity contribution is 5.43. The average Bonchev–Trinajstić information content (AvgIpc) is 2.86. The molecular formula is C12H16N4. The van der Waals surface area contributed by atoms with Crippen molar-refractivity contribution in [2.75, 3.05) is 0 Å². The normalized spacial score (nSPS) is 18.2. The van der Waals surface area contributed by atoms with E-state index in [0.717, 1.165) is 30.0 Å². The minimum atomic E-state index is -0.147. The van der Waals surface area contributed by atoms with E-state index >= 15 is 0 Å². The van der Waals surface area contributed by atoms with Gasteiger partial charge in [0.2, 0.25) is 0 Å². The number of hydrogen-bond acceptors (Lipinski definition) is 3. The fourth-order valence-electron chi connectivity index (χ4n) is 2.12. The van der Waals surface area contributed by atoms with E-state index in [1.54, 1.807) is 0 Å². The van der Waals surface area contributed by atoms with E-state index in [2.05, 4.69) is 34.5 Å². The monoisotopic (exact) mass is 216 g/mol. The van der Waals surface area contributed by atoms with Gasteiger partial charge in [-0.2, -0.15) is 0 Å². The first-order chi connectivity index (χ1) is 7.62. The maximum absolute atomic E-state index is 6.29. The van der Waals surface area contributed by atoms with Gasteiger partial charge < -0.3 is 5.73 Å². The summed E-state index contributed by atoms with van der Waals surface area (Å²) in [4.78, 5) is 0. The second kappa shape index (κ2) is 3.04. The van der Waals surface area contributed by atoms with E-state index < -0.39 is 0 Å². The molecule has 0 amide bonds. The van der Waals surface area contributed by atoms with E-state index in [-0.39, 0.29) is 5.54 Å². The van der Waals surface area contributed by atoms with Gasteiger partial charge in [0.15, 0.2) is 5.65 Å². The fourth-order valence-corrected chi connectivity index (χ4v) is 2.12. The first-order valence-electron chi connectivity index (χ1n) is 5.75. The SMILES string of the molecule is CC(C)c1nnc2cccc(C3(N)CC3)n12. The molecule has 84 valence electrons. The molecule has 16 heavy (non-hydrogen) atoms. The van der Waals surface area contributed by atoms with E-state index in [0.29, 0.717) is 5.92 Å². The third-order valence-corrected chi connectivity index (χ3v) is 3.27. The predicted molar refractivity (Wildman–Crippen MR) is 62.2 cm³/mol. The van der Waals surface area contributed by atoms with Gasteiger partial charge in [0.1, 0.15) is 5.82 Å². The zero-order chi connectivity index (χ0) is 11.3. The van der Waals surface area contributed by atoms with E-state index in [9.17, 15) is 0 Å². The Kier molecular flexibility index (Phi) is 1.86. The van der Waals surface area contributed by atoms with Gasteiger partial charge in [-0.3, -0.25) is 4.40 Å². The van der Waals surface area contributed by atoms with Crippen LogP contribution in [0.15, 0.2) is 18.2 Å². The highest BCUT2D eigenvalue weighted by Crippen LogP contribution is 2.42. The standard InChI is InChI=1S/C12H16N4/c1-8(2)11-15-14-10-5-3-4-9(16(10)11)12(13)6-7-12/h3-5,8H,6-7,13H2,1-2H3. The van der Waals surface area contributed by atoms with Gasteiger partial charge in [0, 0.05) is 11.6 Å². The maximum atomic E-state index is 6.29. The average molecular weight is 216 g/mol. The summed E-state index contributed by atoms with van der Waals surface area (Å²) >= 11 is 0. The Labute approximate surface area is 94.5 Å². The Bertz CT molecular complexity index is 537. The summed E-state index contributed by atoms with van der Waals surface area (Å²) in [5, 5.41) is 8.45. The van der Waals surface area contributed by atoms with Crippen LogP contribution in [-0.2, 0) is 5.54 Å². The lowest BCUT2D eigenvalue weighted by molar-refractivity contribution is 0.663. The molecule has 0 spiro atoms. The molecule has 2 N–H and O–H groups in total. The highest BCUT2D eigenvalue weighted by atomic mass is 15.3. The lowest BCUT2D eigenvalue weighted by Gasteiger charge is -2.14. The van der Waals surface area contributed by atoms with Crippen molar-refractivity contribution < 1.29 is 0 Å². The van der Waals surface area contributed by atoms with Crippen LogP contribution in [0.3, 0.4) is 0 Å². The molecule has 1 aliphatic rings. The zero-order valence-electron chi connectivity index (χ0n) is 9.64. The van der Waals surface area contributed by atoms with Gasteiger partial charge in [-0.15, -0.1) is 10.2 Å². The van der Waals surface area contributed by atoms with Crippen molar-refractivity contribution in [2.24, 2.45) is 5.73 Å². The molecule has 0 atom stereocenters. The largest absolute Gasteiger partial charge is 0.320 e. The fraction of sp³-hybridized carbons (Fsp3) is 0.500. The molecule has 4 nitrogen and oxygen atoms in total. The van der Waals surface area contributed by atoms with Crippen LogP contribution < -0.4 is 5.73 Å². The van der Waals surface area contributed by atoms with Gasteiger partial charge in [-0.1, -0.05) is 19.9 Å². The third kappa shape index (κ3) is 1.26. The number of fused-ring (bicyclic) bond motifs is 1. The van der Waals surface area contributed by atoms with Crippen molar-refractivity contribution in [1.82, 2.24) is 14.6 Å². The lowest BCUT2D eigenvalue weighted by atomic mass is 10.1. The number of hydrogen-bond donors (Lipinski definition) is 1. The molecule has 1 aliphatic carbocycles. The number of rotatable bonds is 2.